The molecule has 1 amide bonds. The molecular weight excluding hydrogens is 454 g/mol. The zero-order valence-corrected chi connectivity index (χ0v) is 20.7. The standard InChI is InChI=1S/C27H31N7O2/c1-20-23(6-3-8-25(20)34-26-24(30-31-34)7-4-13-28-26)27(35)29-14-5-15-32-16-18-33(19-17-32)21-9-11-22(36-2)12-10-21/h3-4,6-13H,5,14-19H2,1-2H3,(H,29,35). The van der Waals surface area contributed by atoms with E-state index in [4.69, 9.17) is 4.74 Å². The van der Waals surface area contributed by atoms with Crippen molar-refractivity contribution in [2.75, 3.05) is 51.3 Å². The maximum absolute atomic E-state index is 12.9. The van der Waals surface area contributed by atoms with Crippen LogP contribution in [0, 0.1) is 6.92 Å². The van der Waals surface area contributed by atoms with Gasteiger partial charge in [0.1, 0.15) is 11.3 Å². The van der Waals surface area contributed by atoms with Gasteiger partial charge in [-0.3, -0.25) is 9.69 Å². The molecule has 4 aromatic rings. The highest BCUT2D eigenvalue weighted by molar-refractivity contribution is 5.96. The van der Waals surface area contributed by atoms with Gasteiger partial charge in [0.05, 0.1) is 12.8 Å². The van der Waals surface area contributed by atoms with Crippen molar-refractivity contribution in [3.05, 3.63) is 71.9 Å². The van der Waals surface area contributed by atoms with Gasteiger partial charge in [-0.2, -0.15) is 4.68 Å². The Labute approximate surface area is 210 Å². The first-order valence-corrected chi connectivity index (χ1v) is 12.3. The van der Waals surface area contributed by atoms with E-state index in [0.29, 0.717) is 17.8 Å². The molecule has 0 bridgehead atoms. The first-order chi connectivity index (χ1) is 17.6. The van der Waals surface area contributed by atoms with Crippen LogP contribution in [-0.2, 0) is 0 Å². The predicted octanol–water partition coefficient (Wildman–Crippen LogP) is 3.07. The Hall–Kier alpha value is -3.98. The number of carbonyl (C=O) groups is 1. The van der Waals surface area contributed by atoms with E-state index in [1.807, 2.05) is 49.4 Å². The van der Waals surface area contributed by atoms with Crippen LogP contribution in [0.25, 0.3) is 16.9 Å². The maximum Gasteiger partial charge on any atom is 0.251 e. The van der Waals surface area contributed by atoms with E-state index in [-0.39, 0.29) is 5.91 Å². The molecule has 2 aromatic carbocycles. The van der Waals surface area contributed by atoms with Crippen molar-refractivity contribution in [3.63, 3.8) is 0 Å². The van der Waals surface area contributed by atoms with E-state index in [2.05, 4.69) is 42.5 Å². The Morgan fingerprint density at radius 2 is 1.83 bits per heavy atom. The second-order valence-electron chi connectivity index (χ2n) is 8.93. The normalized spacial score (nSPS) is 14.2. The van der Waals surface area contributed by atoms with Gasteiger partial charge < -0.3 is 15.0 Å². The minimum Gasteiger partial charge on any atom is -0.497 e. The Kier molecular flexibility index (Phi) is 7.08. The molecule has 2 aromatic heterocycles. The number of carbonyl (C=O) groups excluding carboxylic acids is 1. The number of rotatable bonds is 8. The Bertz CT molecular complexity index is 1330. The van der Waals surface area contributed by atoms with Crippen molar-refractivity contribution in [2.24, 2.45) is 0 Å². The molecule has 1 aliphatic rings. The Balaban J connectivity index is 1.11. The number of nitrogens with zero attached hydrogens (tertiary/aromatic N) is 6. The third-order valence-electron chi connectivity index (χ3n) is 6.73. The lowest BCUT2D eigenvalue weighted by Gasteiger charge is -2.36. The average molecular weight is 486 g/mol. The lowest BCUT2D eigenvalue weighted by molar-refractivity contribution is 0.0951. The molecule has 3 heterocycles. The van der Waals surface area contributed by atoms with E-state index >= 15 is 0 Å². The summed E-state index contributed by atoms with van der Waals surface area (Å²) < 4.78 is 6.94. The van der Waals surface area contributed by atoms with E-state index in [0.717, 1.165) is 61.7 Å². The molecule has 1 saturated heterocycles. The molecule has 1 fully saturated rings. The number of fused-ring (bicyclic) bond motifs is 1. The molecule has 186 valence electrons. The van der Waals surface area contributed by atoms with Crippen LogP contribution >= 0.6 is 0 Å². The predicted molar refractivity (Wildman–Crippen MR) is 140 cm³/mol. The number of piperazine rings is 1. The summed E-state index contributed by atoms with van der Waals surface area (Å²) in [6, 6.07) is 17.6. The van der Waals surface area contributed by atoms with Gasteiger partial charge in [-0.05, 0) is 74.0 Å². The van der Waals surface area contributed by atoms with Crippen LogP contribution < -0.4 is 15.0 Å². The van der Waals surface area contributed by atoms with E-state index < -0.39 is 0 Å². The highest BCUT2D eigenvalue weighted by Crippen LogP contribution is 2.22. The lowest BCUT2D eigenvalue weighted by Crippen LogP contribution is -2.47. The van der Waals surface area contributed by atoms with Gasteiger partial charge in [-0.25, -0.2) is 4.98 Å². The van der Waals surface area contributed by atoms with Gasteiger partial charge in [0.25, 0.3) is 5.91 Å². The van der Waals surface area contributed by atoms with Crippen LogP contribution in [-0.4, -0.2) is 77.2 Å². The number of aromatic nitrogens is 4. The summed E-state index contributed by atoms with van der Waals surface area (Å²) in [5.74, 6) is 0.807. The van der Waals surface area contributed by atoms with Gasteiger partial charge >= 0.3 is 0 Å². The molecular formula is C27H31N7O2. The molecule has 1 aliphatic heterocycles. The smallest absolute Gasteiger partial charge is 0.251 e. The fraction of sp³-hybridized carbons (Fsp3) is 0.333. The Morgan fingerprint density at radius 1 is 1.03 bits per heavy atom. The van der Waals surface area contributed by atoms with Crippen molar-refractivity contribution < 1.29 is 9.53 Å². The van der Waals surface area contributed by atoms with Crippen LogP contribution in [0.15, 0.2) is 60.8 Å². The van der Waals surface area contributed by atoms with Crippen molar-refractivity contribution in [2.45, 2.75) is 13.3 Å². The molecule has 5 rings (SSSR count). The van der Waals surface area contributed by atoms with Crippen LogP contribution in [0.1, 0.15) is 22.3 Å². The largest absolute Gasteiger partial charge is 0.497 e. The fourth-order valence-corrected chi connectivity index (χ4v) is 4.65. The third kappa shape index (κ3) is 5.01. The summed E-state index contributed by atoms with van der Waals surface area (Å²) in [7, 11) is 1.69. The summed E-state index contributed by atoms with van der Waals surface area (Å²) in [5.41, 5.74) is 4.91. The number of nitrogens with one attached hydrogen (secondary N) is 1. The minimum atomic E-state index is -0.0731. The summed E-state index contributed by atoms with van der Waals surface area (Å²) in [5, 5.41) is 11.5. The zero-order valence-electron chi connectivity index (χ0n) is 20.7. The van der Waals surface area contributed by atoms with Gasteiger partial charge in [0.15, 0.2) is 5.65 Å². The maximum atomic E-state index is 12.9. The first-order valence-electron chi connectivity index (χ1n) is 12.3. The van der Waals surface area contributed by atoms with Gasteiger partial charge in [-0.15, -0.1) is 5.10 Å². The van der Waals surface area contributed by atoms with Crippen LogP contribution in [0.4, 0.5) is 5.69 Å². The average Bonchev–Trinajstić information content (AvgIpc) is 3.35. The van der Waals surface area contributed by atoms with E-state index in [1.165, 1.54) is 5.69 Å². The molecule has 1 N–H and O–H groups in total. The summed E-state index contributed by atoms with van der Waals surface area (Å²) >= 11 is 0. The third-order valence-corrected chi connectivity index (χ3v) is 6.73. The quantitative estimate of drug-likeness (QED) is 0.384. The van der Waals surface area contributed by atoms with Gasteiger partial charge in [0.2, 0.25) is 0 Å². The summed E-state index contributed by atoms with van der Waals surface area (Å²) in [6.07, 6.45) is 2.62. The fourth-order valence-electron chi connectivity index (χ4n) is 4.65. The number of methoxy groups -OCH3 is 1. The van der Waals surface area contributed by atoms with E-state index in [1.54, 1.807) is 18.0 Å². The molecule has 0 aliphatic carbocycles. The minimum absolute atomic E-state index is 0.0731. The van der Waals surface area contributed by atoms with Crippen LogP contribution in [0.2, 0.25) is 0 Å². The second kappa shape index (κ2) is 10.7. The molecule has 9 nitrogen and oxygen atoms in total. The molecule has 9 heteroatoms. The van der Waals surface area contributed by atoms with Crippen LogP contribution in [0.5, 0.6) is 5.75 Å². The number of pyridine rings is 1. The van der Waals surface area contributed by atoms with Crippen molar-refractivity contribution in [1.82, 2.24) is 30.2 Å². The topological polar surface area (TPSA) is 88.4 Å². The van der Waals surface area contributed by atoms with Crippen molar-refractivity contribution in [1.29, 1.82) is 0 Å². The second-order valence-corrected chi connectivity index (χ2v) is 8.93. The molecule has 0 spiro atoms. The Morgan fingerprint density at radius 3 is 2.61 bits per heavy atom. The molecule has 36 heavy (non-hydrogen) atoms. The molecule has 0 unspecified atom stereocenters. The summed E-state index contributed by atoms with van der Waals surface area (Å²) in [6.45, 7) is 7.55. The number of amides is 1. The number of benzene rings is 2. The van der Waals surface area contributed by atoms with Crippen LogP contribution in [0.3, 0.4) is 0 Å². The van der Waals surface area contributed by atoms with E-state index in [9.17, 15) is 4.79 Å². The number of hydrogen-bond donors (Lipinski definition) is 1. The number of anilines is 1. The monoisotopic (exact) mass is 485 g/mol. The van der Waals surface area contributed by atoms with Crippen molar-refractivity contribution in [3.8, 4) is 11.4 Å². The summed E-state index contributed by atoms with van der Waals surface area (Å²) in [4.78, 5) is 22.2. The lowest BCUT2D eigenvalue weighted by atomic mass is 10.1. The molecule has 0 atom stereocenters. The van der Waals surface area contributed by atoms with Gasteiger partial charge in [0, 0.05) is 50.2 Å². The SMILES string of the molecule is COc1ccc(N2CCN(CCCNC(=O)c3cccc(-n4nnc5cccnc54)c3C)CC2)cc1. The van der Waals surface area contributed by atoms with Gasteiger partial charge in [-0.1, -0.05) is 11.3 Å². The number of ether oxygens (including phenoxy) is 1. The van der Waals surface area contributed by atoms with Crippen molar-refractivity contribution >= 4 is 22.8 Å². The molecule has 0 radical (unpaired) electrons. The highest BCUT2D eigenvalue weighted by Gasteiger charge is 2.18. The zero-order chi connectivity index (χ0) is 24.9. The highest BCUT2D eigenvalue weighted by atomic mass is 16.5. The number of hydrogen-bond acceptors (Lipinski definition) is 7. The first kappa shape index (κ1) is 23.7. The molecule has 0 saturated carbocycles.